The van der Waals surface area contributed by atoms with Gasteiger partial charge in [0, 0.05) is 26.0 Å². The van der Waals surface area contributed by atoms with Gasteiger partial charge in [-0.3, -0.25) is 4.90 Å². The van der Waals surface area contributed by atoms with Crippen molar-refractivity contribution in [1.82, 2.24) is 4.90 Å². The highest BCUT2D eigenvalue weighted by atomic mass is 32.2. The molecule has 2 saturated heterocycles. The van der Waals surface area contributed by atoms with Crippen LogP contribution in [0.4, 0.5) is 4.79 Å². The molecule has 2 fully saturated rings. The number of amides is 1. The van der Waals surface area contributed by atoms with Crippen molar-refractivity contribution in [2.75, 3.05) is 18.6 Å². The Balaban J connectivity index is 1.36. The van der Waals surface area contributed by atoms with Gasteiger partial charge in [-0.2, -0.15) is 0 Å². The van der Waals surface area contributed by atoms with Gasteiger partial charge in [-0.1, -0.05) is 74.0 Å². The SMILES string of the molecule is COCc1cc(C)cc(Cc2cc(C[C@@H]3CS(=O)(=O)C[C@H]4[C@H]3OC(=O)N4Cc3cccc(C(C)C)c3)ccc2O)c1. The van der Waals surface area contributed by atoms with Crippen molar-refractivity contribution in [3.8, 4) is 5.75 Å². The first-order valence-electron chi connectivity index (χ1n) is 14.2. The average Bonchev–Trinajstić information content (AvgIpc) is 3.20. The molecule has 0 aromatic heterocycles. The van der Waals surface area contributed by atoms with Crippen LogP contribution in [0.1, 0.15) is 58.7 Å². The van der Waals surface area contributed by atoms with E-state index in [1.54, 1.807) is 18.1 Å². The first-order chi connectivity index (χ1) is 19.5. The van der Waals surface area contributed by atoms with Crippen molar-refractivity contribution in [2.24, 2.45) is 5.92 Å². The number of nitrogens with zero attached hydrogens (tertiary/aromatic N) is 1. The monoisotopic (exact) mass is 577 g/mol. The highest BCUT2D eigenvalue weighted by Gasteiger charge is 2.51. The number of sulfone groups is 1. The van der Waals surface area contributed by atoms with Gasteiger partial charge in [-0.05, 0) is 58.7 Å². The minimum Gasteiger partial charge on any atom is -0.508 e. The number of aromatic hydroxyl groups is 1. The van der Waals surface area contributed by atoms with Crippen LogP contribution in [0.5, 0.6) is 5.75 Å². The van der Waals surface area contributed by atoms with Crippen LogP contribution in [-0.4, -0.2) is 55.3 Å². The summed E-state index contributed by atoms with van der Waals surface area (Å²) < 4.78 is 37.3. The van der Waals surface area contributed by atoms with Gasteiger partial charge >= 0.3 is 6.09 Å². The number of phenolic OH excluding ortho intramolecular Hbond substituents is 1. The smallest absolute Gasteiger partial charge is 0.410 e. The van der Waals surface area contributed by atoms with Crippen molar-refractivity contribution in [3.63, 3.8) is 0 Å². The molecule has 2 aliphatic heterocycles. The van der Waals surface area contributed by atoms with Crippen LogP contribution in [0.3, 0.4) is 0 Å². The van der Waals surface area contributed by atoms with E-state index in [4.69, 9.17) is 9.47 Å². The third kappa shape index (κ3) is 6.76. The third-order valence-electron chi connectivity index (χ3n) is 8.12. The maximum absolute atomic E-state index is 13.1. The molecule has 41 heavy (non-hydrogen) atoms. The Morgan fingerprint density at radius 3 is 2.54 bits per heavy atom. The second kappa shape index (κ2) is 11.9. The number of hydrogen-bond acceptors (Lipinski definition) is 6. The molecule has 1 N–H and O–H groups in total. The van der Waals surface area contributed by atoms with Gasteiger partial charge in [0.05, 0.1) is 24.2 Å². The van der Waals surface area contributed by atoms with Crippen LogP contribution in [0, 0.1) is 12.8 Å². The number of fused-ring (bicyclic) bond motifs is 1. The Labute approximate surface area is 243 Å². The Hall–Kier alpha value is -3.36. The summed E-state index contributed by atoms with van der Waals surface area (Å²) >= 11 is 0. The largest absolute Gasteiger partial charge is 0.508 e. The van der Waals surface area contributed by atoms with Crippen molar-refractivity contribution in [2.45, 2.75) is 64.8 Å². The van der Waals surface area contributed by atoms with E-state index in [1.165, 1.54) is 5.56 Å². The summed E-state index contributed by atoms with van der Waals surface area (Å²) in [5, 5.41) is 10.6. The van der Waals surface area contributed by atoms with Crippen molar-refractivity contribution >= 4 is 15.9 Å². The highest BCUT2D eigenvalue weighted by Crippen LogP contribution is 2.36. The second-order valence-electron chi connectivity index (χ2n) is 11.9. The Morgan fingerprint density at radius 1 is 1.00 bits per heavy atom. The minimum absolute atomic E-state index is 0.0351. The number of methoxy groups -OCH3 is 1. The zero-order valence-corrected chi connectivity index (χ0v) is 25.0. The van der Waals surface area contributed by atoms with Crippen molar-refractivity contribution in [1.29, 1.82) is 0 Å². The van der Waals surface area contributed by atoms with Crippen LogP contribution in [0.2, 0.25) is 0 Å². The number of aryl methyl sites for hydroxylation is 1. The predicted octanol–water partition coefficient (Wildman–Crippen LogP) is 5.54. The molecule has 7 nitrogen and oxygen atoms in total. The lowest BCUT2D eigenvalue weighted by Crippen LogP contribution is -2.51. The van der Waals surface area contributed by atoms with Crippen molar-refractivity contribution < 1.29 is 27.8 Å². The van der Waals surface area contributed by atoms with E-state index in [2.05, 4.69) is 44.2 Å². The molecule has 8 heteroatoms. The Morgan fingerprint density at radius 2 is 1.78 bits per heavy atom. The lowest BCUT2D eigenvalue weighted by molar-refractivity contribution is 0.0970. The molecule has 0 radical (unpaired) electrons. The summed E-state index contributed by atoms with van der Waals surface area (Å²) in [6, 6.07) is 19.2. The fourth-order valence-corrected chi connectivity index (χ4v) is 8.24. The fourth-order valence-electron chi connectivity index (χ4n) is 6.25. The quantitative estimate of drug-likeness (QED) is 0.359. The van der Waals surface area contributed by atoms with E-state index in [9.17, 15) is 18.3 Å². The molecular formula is C33H39NO6S. The van der Waals surface area contributed by atoms with E-state index in [1.807, 2.05) is 31.2 Å². The minimum atomic E-state index is -3.39. The number of phenols is 1. The number of hydrogen-bond donors (Lipinski definition) is 1. The average molecular weight is 578 g/mol. The maximum Gasteiger partial charge on any atom is 0.410 e. The van der Waals surface area contributed by atoms with E-state index >= 15 is 0 Å². The first kappa shape index (κ1) is 29.1. The third-order valence-corrected chi connectivity index (χ3v) is 9.91. The molecule has 3 aromatic rings. The molecule has 0 unspecified atom stereocenters. The number of benzene rings is 3. The standard InChI is InChI=1S/C33H39NO6S/c1-21(2)27-7-5-6-24(15-27)17-34-30-20-41(37,38)19-29(32(30)40-33(34)36)14-23-8-9-31(35)28(13-23)16-25-10-22(3)11-26(12-25)18-39-4/h5-13,15,21,29-30,32,35H,14,16-20H2,1-4H3/t29-,30+,32+/m1/s1. The van der Waals surface area contributed by atoms with Crippen molar-refractivity contribution in [3.05, 3.63) is 99.6 Å². The lowest BCUT2D eigenvalue weighted by Gasteiger charge is -2.34. The maximum atomic E-state index is 13.1. The van der Waals surface area contributed by atoms with E-state index in [0.29, 0.717) is 31.9 Å². The number of carbonyl (C=O) groups excluding carboxylic acids is 1. The second-order valence-corrected chi connectivity index (χ2v) is 14.0. The van der Waals surface area contributed by atoms with Crippen LogP contribution in [-0.2, 0) is 45.3 Å². The molecule has 1 amide bonds. The van der Waals surface area contributed by atoms with Gasteiger partial charge in [-0.25, -0.2) is 13.2 Å². The molecule has 0 spiro atoms. The molecule has 3 aromatic carbocycles. The van der Waals surface area contributed by atoms with Gasteiger partial charge in [0.15, 0.2) is 9.84 Å². The van der Waals surface area contributed by atoms with Crippen LogP contribution < -0.4 is 0 Å². The molecule has 0 aliphatic carbocycles. The summed E-state index contributed by atoms with van der Waals surface area (Å²) in [5.74, 6) is 0.0364. The molecule has 0 saturated carbocycles. The fraction of sp³-hybridized carbons (Fsp3) is 0.424. The van der Waals surface area contributed by atoms with Crippen LogP contribution in [0.25, 0.3) is 0 Å². The predicted molar refractivity (Wildman–Crippen MR) is 159 cm³/mol. The molecule has 218 valence electrons. The summed E-state index contributed by atoms with van der Waals surface area (Å²) in [7, 11) is -1.73. The molecule has 2 heterocycles. The first-order valence-corrected chi connectivity index (χ1v) is 16.0. The van der Waals surface area contributed by atoms with Gasteiger partial charge in [0.25, 0.3) is 0 Å². The number of carbonyl (C=O) groups is 1. The van der Waals surface area contributed by atoms with Gasteiger partial charge in [0.2, 0.25) is 0 Å². The molecule has 2 aliphatic rings. The van der Waals surface area contributed by atoms with E-state index in [0.717, 1.165) is 33.4 Å². The topological polar surface area (TPSA) is 93.1 Å². The van der Waals surface area contributed by atoms with Crippen LogP contribution >= 0.6 is 0 Å². The molecular weight excluding hydrogens is 538 g/mol. The van der Waals surface area contributed by atoms with E-state index in [-0.39, 0.29) is 23.2 Å². The van der Waals surface area contributed by atoms with Crippen LogP contribution in [0.15, 0.2) is 60.7 Å². The zero-order chi connectivity index (χ0) is 29.3. The van der Waals surface area contributed by atoms with Gasteiger partial charge in [0.1, 0.15) is 11.9 Å². The Kier molecular flexibility index (Phi) is 8.43. The number of ether oxygens (including phenoxy) is 2. The summed E-state index contributed by atoms with van der Waals surface area (Å²) in [5.41, 5.74) is 7.05. The zero-order valence-electron chi connectivity index (χ0n) is 24.2. The molecule has 3 atom stereocenters. The van der Waals surface area contributed by atoms with Gasteiger partial charge < -0.3 is 14.6 Å². The Bertz CT molecular complexity index is 1530. The highest BCUT2D eigenvalue weighted by molar-refractivity contribution is 7.91. The molecule has 0 bridgehead atoms. The summed E-state index contributed by atoms with van der Waals surface area (Å²) in [6.07, 6.45) is -0.00856. The van der Waals surface area contributed by atoms with Gasteiger partial charge in [-0.15, -0.1) is 0 Å². The summed E-state index contributed by atoms with van der Waals surface area (Å²) in [6.45, 7) is 7.09. The molecule has 5 rings (SSSR count). The summed E-state index contributed by atoms with van der Waals surface area (Å²) in [4.78, 5) is 14.6. The van der Waals surface area contributed by atoms with E-state index < -0.39 is 28.1 Å². The number of rotatable bonds is 9. The lowest BCUT2D eigenvalue weighted by atomic mass is 9.89. The normalized spacial score (nSPS) is 21.6.